The number of aryl methyl sites for hydroxylation is 1. The van der Waals surface area contributed by atoms with Crippen LogP contribution < -0.4 is 0 Å². The highest BCUT2D eigenvalue weighted by molar-refractivity contribution is 5.78. The van der Waals surface area contributed by atoms with Crippen LogP contribution in [0, 0.1) is 5.41 Å². The lowest BCUT2D eigenvalue weighted by Crippen LogP contribution is -2.45. The van der Waals surface area contributed by atoms with E-state index in [1.807, 2.05) is 6.07 Å². The quantitative estimate of drug-likeness (QED) is 0.903. The monoisotopic (exact) mass is 265 g/mol. The zero-order chi connectivity index (χ0) is 13.9. The van der Waals surface area contributed by atoms with Gasteiger partial charge < -0.3 is 14.4 Å². The lowest BCUT2D eigenvalue weighted by atomic mass is 9.80. The lowest BCUT2D eigenvalue weighted by molar-refractivity contribution is -0.153. The maximum Gasteiger partial charge on any atom is 0.309 e. The topological polar surface area (TPSA) is 70.8 Å². The van der Waals surface area contributed by atoms with Gasteiger partial charge in [-0.05, 0) is 31.9 Å². The van der Waals surface area contributed by atoms with Crippen molar-refractivity contribution < 1.29 is 19.1 Å². The Bertz CT molecular complexity index is 444. The molecule has 1 aliphatic rings. The standard InChI is InChI=1S/C14H19NO4/c1-14(13(17)18)6-8-15(9-7-14)12(16)5-4-11-3-2-10-19-11/h2-3,10H,4-9H2,1H3,(H,17,18). The molecule has 0 spiro atoms. The fourth-order valence-corrected chi connectivity index (χ4v) is 2.31. The lowest BCUT2D eigenvalue weighted by Gasteiger charge is -2.36. The Morgan fingerprint density at radius 1 is 1.42 bits per heavy atom. The normalized spacial score (nSPS) is 18.3. The van der Waals surface area contributed by atoms with Gasteiger partial charge in [0.15, 0.2) is 0 Å². The summed E-state index contributed by atoms with van der Waals surface area (Å²) in [6.07, 6.45) is 3.65. The predicted molar refractivity (Wildman–Crippen MR) is 68.6 cm³/mol. The van der Waals surface area contributed by atoms with E-state index in [1.165, 1.54) is 0 Å². The van der Waals surface area contributed by atoms with E-state index in [4.69, 9.17) is 9.52 Å². The molecule has 1 N–H and O–H groups in total. The summed E-state index contributed by atoms with van der Waals surface area (Å²) in [5, 5.41) is 9.13. The highest BCUT2D eigenvalue weighted by Crippen LogP contribution is 2.31. The first kappa shape index (κ1) is 13.6. The Morgan fingerprint density at radius 3 is 2.63 bits per heavy atom. The molecule has 0 aliphatic carbocycles. The number of likely N-dealkylation sites (tertiary alicyclic amines) is 1. The van der Waals surface area contributed by atoms with Crippen LogP contribution in [0.15, 0.2) is 22.8 Å². The molecule has 1 saturated heterocycles. The molecule has 0 radical (unpaired) electrons. The van der Waals surface area contributed by atoms with Crippen molar-refractivity contribution >= 4 is 11.9 Å². The van der Waals surface area contributed by atoms with E-state index < -0.39 is 11.4 Å². The number of carbonyl (C=O) groups excluding carboxylic acids is 1. The maximum atomic E-state index is 12.0. The van der Waals surface area contributed by atoms with Crippen LogP contribution in [0.1, 0.15) is 31.9 Å². The molecule has 5 nitrogen and oxygen atoms in total. The number of nitrogens with zero attached hydrogens (tertiary/aromatic N) is 1. The summed E-state index contributed by atoms with van der Waals surface area (Å²) in [4.78, 5) is 24.9. The Labute approximate surface area is 112 Å². The molecule has 1 amide bonds. The van der Waals surface area contributed by atoms with Crippen LogP contribution in [0.4, 0.5) is 0 Å². The third kappa shape index (κ3) is 3.16. The van der Waals surface area contributed by atoms with Gasteiger partial charge in [0.05, 0.1) is 11.7 Å². The molecule has 104 valence electrons. The molecule has 0 saturated carbocycles. The minimum atomic E-state index is -0.768. The first-order valence-electron chi connectivity index (χ1n) is 6.55. The summed E-state index contributed by atoms with van der Waals surface area (Å²) in [5.41, 5.74) is -0.683. The van der Waals surface area contributed by atoms with Gasteiger partial charge in [-0.3, -0.25) is 9.59 Å². The zero-order valence-corrected chi connectivity index (χ0v) is 11.1. The van der Waals surface area contributed by atoms with E-state index in [2.05, 4.69) is 0 Å². The number of furan rings is 1. The predicted octanol–water partition coefficient (Wildman–Crippen LogP) is 1.93. The van der Waals surface area contributed by atoms with Crippen molar-refractivity contribution in [3.63, 3.8) is 0 Å². The van der Waals surface area contributed by atoms with Gasteiger partial charge in [-0.25, -0.2) is 0 Å². The van der Waals surface area contributed by atoms with Crippen molar-refractivity contribution in [2.75, 3.05) is 13.1 Å². The summed E-state index contributed by atoms with van der Waals surface area (Å²) < 4.78 is 5.19. The van der Waals surface area contributed by atoms with Crippen molar-refractivity contribution in [3.8, 4) is 0 Å². The van der Waals surface area contributed by atoms with E-state index in [9.17, 15) is 9.59 Å². The number of aliphatic carboxylic acids is 1. The molecule has 1 fully saturated rings. The molecule has 0 aromatic carbocycles. The fourth-order valence-electron chi connectivity index (χ4n) is 2.31. The Hall–Kier alpha value is -1.78. The molecule has 1 aromatic heterocycles. The van der Waals surface area contributed by atoms with Crippen molar-refractivity contribution in [2.24, 2.45) is 5.41 Å². The number of carboxylic acid groups (broad SMARTS) is 1. The Balaban J connectivity index is 1.81. The van der Waals surface area contributed by atoms with E-state index >= 15 is 0 Å². The van der Waals surface area contributed by atoms with Gasteiger partial charge in [-0.15, -0.1) is 0 Å². The highest BCUT2D eigenvalue weighted by Gasteiger charge is 2.37. The first-order chi connectivity index (χ1) is 9.01. The van der Waals surface area contributed by atoms with Gasteiger partial charge in [-0.1, -0.05) is 0 Å². The van der Waals surface area contributed by atoms with Gasteiger partial charge in [0.1, 0.15) is 5.76 Å². The van der Waals surface area contributed by atoms with Gasteiger partial charge in [-0.2, -0.15) is 0 Å². The van der Waals surface area contributed by atoms with Crippen molar-refractivity contribution in [1.29, 1.82) is 0 Å². The molecular weight excluding hydrogens is 246 g/mol. The molecule has 0 unspecified atom stereocenters. The zero-order valence-electron chi connectivity index (χ0n) is 11.1. The van der Waals surface area contributed by atoms with Gasteiger partial charge in [0, 0.05) is 25.9 Å². The SMILES string of the molecule is CC1(C(=O)O)CCN(C(=O)CCc2ccco2)CC1. The molecular formula is C14H19NO4. The third-order valence-corrected chi connectivity index (χ3v) is 3.90. The minimum absolute atomic E-state index is 0.0730. The highest BCUT2D eigenvalue weighted by atomic mass is 16.4. The summed E-state index contributed by atoms with van der Waals surface area (Å²) >= 11 is 0. The number of piperidine rings is 1. The van der Waals surface area contributed by atoms with Crippen LogP contribution in [0.3, 0.4) is 0 Å². The number of rotatable bonds is 4. The fraction of sp³-hybridized carbons (Fsp3) is 0.571. The largest absolute Gasteiger partial charge is 0.481 e. The molecule has 1 aliphatic heterocycles. The summed E-state index contributed by atoms with van der Waals surface area (Å²) in [7, 11) is 0. The van der Waals surface area contributed by atoms with Crippen LogP contribution in [0.5, 0.6) is 0 Å². The maximum absolute atomic E-state index is 12.0. The number of hydrogen-bond acceptors (Lipinski definition) is 3. The van der Waals surface area contributed by atoms with E-state index in [0.717, 1.165) is 5.76 Å². The minimum Gasteiger partial charge on any atom is -0.481 e. The Morgan fingerprint density at radius 2 is 2.11 bits per heavy atom. The van der Waals surface area contributed by atoms with Gasteiger partial charge in [0.25, 0.3) is 0 Å². The average molecular weight is 265 g/mol. The molecule has 1 aromatic rings. The van der Waals surface area contributed by atoms with Crippen LogP contribution in [-0.2, 0) is 16.0 Å². The number of carboxylic acids is 1. The van der Waals surface area contributed by atoms with Crippen LogP contribution >= 0.6 is 0 Å². The van der Waals surface area contributed by atoms with Crippen LogP contribution in [0.25, 0.3) is 0 Å². The summed E-state index contributed by atoms with van der Waals surface area (Å²) in [6, 6.07) is 3.66. The van der Waals surface area contributed by atoms with Crippen molar-refractivity contribution in [2.45, 2.75) is 32.6 Å². The first-order valence-corrected chi connectivity index (χ1v) is 6.55. The number of amides is 1. The van der Waals surface area contributed by atoms with Crippen molar-refractivity contribution in [1.82, 2.24) is 4.90 Å². The van der Waals surface area contributed by atoms with E-state index in [1.54, 1.807) is 24.2 Å². The van der Waals surface area contributed by atoms with Gasteiger partial charge >= 0.3 is 5.97 Å². The molecule has 19 heavy (non-hydrogen) atoms. The Kier molecular flexibility index (Phi) is 3.93. The average Bonchev–Trinajstić information content (AvgIpc) is 2.90. The summed E-state index contributed by atoms with van der Waals surface area (Å²) in [5.74, 6) is 0.111. The second-order valence-electron chi connectivity index (χ2n) is 5.33. The molecule has 2 heterocycles. The molecule has 0 bridgehead atoms. The summed E-state index contributed by atoms with van der Waals surface area (Å²) in [6.45, 7) is 2.81. The van der Waals surface area contributed by atoms with E-state index in [0.29, 0.717) is 38.8 Å². The molecule has 5 heteroatoms. The van der Waals surface area contributed by atoms with Crippen LogP contribution in [-0.4, -0.2) is 35.0 Å². The number of hydrogen-bond donors (Lipinski definition) is 1. The third-order valence-electron chi connectivity index (χ3n) is 3.90. The molecule has 0 atom stereocenters. The van der Waals surface area contributed by atoms with Crippen LogP contribution in [0.2, 0.25) is 0 Å². The van der Waals surface area contributed by atoms with Crippen molar-refractivity contribution in [3.05, 3.63) is 24.2 Å². The second kappa shape index (κ2) is 5.47. The second-order valence-corrected chi connectivity index (χ2v) is 5.33. The van der Waals surface area contributed by atoms with Gasteiger partial charge in [0.2, 0.25) is 5.91 Å². The number of carbonyl (C=O) groups is 2. The molecule has 2 rings (SSSR count). The van der Waals surface area contributed by atoms with E-state index in [-0.39, 0.29) is 5.91 Å². The smallest absolute Gasteiger partial charge is 0.309 e.